The Kier molecular flexibility index (Phi) is 5.31. The fourth-order valence-electron chi connectivity index (χ4n) is 3.01. The van der Waals surface area contributed by atoms with Crippen LogP contribution >= 0.6 is 0 Å². The van der Waals surface area contributed by atoms with Crippen LogP contribution in [0.3, 0.4) is 0 Å². The first kappa shape index (κ1) is 17.4. The maximum atomic E-state index is 12.5. The van der Waals surface area contributed by atoms with E-state index in [1.54, 1.807) is 4.90 Å². The van der Waals surface area contributed by atoms with Crippen molar-refractivity contribution >= 4 is 5.91 Å². The molecule has 0 bridgehead atoms. The summed E-state index contributed by atoms with van der Waals surface area (Å²) < 4.78 is 5.85. The number of carbonyl (C=O) groups excluding carboxylic acids is 1. The molecule has 2 heterocycles. The standard InChI is InChI=1S/C20H25N3O2/c1-4-14(3)16-8-6-7-9-18(16)25-13-20(24)23-11-15-10-21-19(5-2)22-17(15)12-23/h6-10,14H,4-5,11-13H2,1-3H3. The molecule has 132 valence electrons. The Morgan fingerprint density at radius 1 is 1.28 bits per heavy atom. The zero-order chi connectivity index (χ0) is 17.8. The number of nitrogens with zero attached hydrogens (tertiary/aromatic N) is 3. The van der Waals surface area contributed by atoms with Gasteiger partial charge in [0.2, 0.25) is 0 Å². The molecule has 0 N–H and O–H groups in total. The Morgan fingerprint density at radius 3 is 2.84 bits per heavy atom. The normalized spacial score (nSPS) is 14.3. The van der Waals surface area contributed by atoms with Gasteiger partial charge >= 0.3 is 0 Å². The van der Waals surface area contributed by atoms with Gasteiger partial charge in [-0.25, -0.2) is 9.97 Å². The number of hydrogen-bond acceptors (Lipinski definition) is 4. The first-order valence-corrected chi connectivity index (χ1v) is 8.95. The molecule has 5 heteroatoms. The molecule has 25 heavy (non-hydrogen) atoms. The number of para-hydroxylation sites is 1. The first-order chi connectivity index (χ1) is 12.1. The van der Waals surface area contributed by atoms with Crippen molar-refractivity contribution in [2.75, 3.05) is 6.61 Å². The molecule has 2 aromatic rings. The predicted molar refractivity (Wildman–Crippen MR) is 96.3 cm³/mol. The highest BCUT2D eigenvalue weighted by Gasteiger charge is 2.25. The molecule has 1 amide bonds. The van der Waals surface area contributed by atoms with Crippen LogP contribution in [0.15, 0.2) is 30.5 Å². The first-order valence-electron chi connectivity index (χ1n) is 8.95. The monoisotopic (exact) mass is 339 g/mol. The summed E-state index contributed by atoms with van der Waals surface area (Å²) in [6, 6.07) is 7.96. The summed E-state index contributed by atoms with van der Waals surface area (Å²) in [5.74, 6) is 2.02. The Morgan fingerprint density at radius 2 is 2.08 bits per heavy atom. The Bertz CT molecular complexity index is 760. The molecule has 5 nitrogen and oxygen atoms in total. The van der Waals surface area contributed by atoms with Crippen LogP contribution < -0.4 is 4.74 Å². The lowest BCUT2D eigenvalue weighted by Crippen LogP contribution is -2.30. The summed E-state index contributed by atoms with van der Waals surface area (Å²) >= 11 is 0. The highest BCUT2D eigenvalue weighted by Crippen LogP contribution is 2.28. The van der Waals surface area contributed by atoms with Crippen LogP contribution in [0.1, 0.15) is 55.8 Å². The van der Waals surface area contributed by atoms with E-state index in [1.807, 2.05) is 31.3 Å². The fraction of sp³-hybridized carbons (Fsp3) is 0.450. The van der Waals surface area contributed by atoms with Crippen molar-refractivity contribution < 1.29 is 9.53 Å². The smallest absolute Gasteiger partial charge is 0.261 e. The van der Waals surface area contributed by atoms with Gasteiger partial charge in [0.1, 0.15) is 11.6 Å². The van der Waals surface area contributed by atoms with Crippen molar-refractivity contribution in [2.45, 2.75) is 52.6 Å². The molecule has 1 aliphatic rings. The minimum Gasteiger partial charge on any atom is -0.483 e. The lowest BCUT2D eigenvalue weighted by atomic mass is 9.98. The highest BCUT2D eigenvalue weighted by atomic mass is 16.5. The van der Waals surface area contributed by atoms with Gasteiger partial charge in [0, 0.05) is 24.7 Å². The molecule has 1 aromatic heterocycles. The van der Waals surface area contributed by atoms with Crippen LogP contribution in [0.4, 0.5) is 0 Å². The summed E-state index contributed by atoms with van der Waals surface area (Å²) in [5.41, 5.74) is 3.15. The van der Waals surface area contributed by atoms with E-state index in [4.69, 9.17) is 4.74 Å². The van der Waals surface area contributed by atoms with Gasteiger partial charge < -0.3 is 9.64 Å². The van der Waals surface area contributed by atoms with Crippen molar-refractivity contribution in [3.8, 4) is 5.75 Å². The molecule has 0 fully saturated rings. The molecule has 1 unspecified atom stereocenters. The van der Waals surface area contributed by atoms with Gasteiger partial charge in [-0.05, 0) is 24.0 Å². The second-order valence-electron chi connectivity index (χ2n) is 6.50. The number of fused-ring (bicyclic) bond motifs is 1. The van der Waals surface area contributed by atoms with E-state index in [0.29, 0.717) is 19.0 Å². The fourth-order valence-corrected chi connectivity index (χ4v) is 3.01. The van der Waals surface area contributed by atoms with Crippen LogP contribution in [-0.4, -0.2) is 27.4 Å². The van der Waals surface area contributed by atoms with E-state index in [2.05, 4.69) is 29.9 Å². The molecule has 0 aliphatic carbocycles. The van der Waals surface area contributed by atoms with Gasteiger partial charge in [-0.1, -0.05) is 39.0 Å². The molecule has 1 aromatic carbocycles. The summed E-state index contributed by atoms with van der Waals surface area (Å²) in [4.78, 5) is 23.2. The second-order valence-corrected chi connectivity index (χ2v) is 6.50. The third kappa shape index (κ3) is 3.81. The number of aryl methyl sites for hydroxylation is 1. The number of aromatic nitrogens is 2. The number of hydrogen-bond donors (Lipinski definition) is 0. The summed E-state index contributed by atoms with van der Waals surface area (Å²) in [6.07, 6.45) is 3.68. The van der Waals surface area contributed by atoms with Gasteiger partial charge in [-0.2, -0.15) is 0 Å². The Hall–Kier alpha value is -2.43. The molecule has 0 saturated carbocycles. The zero-order valence-electron chi connectivity index (χ0n) is 15.2. The number of ether oxygens (including phenoxy) is 1. The molecule has 3 rings (SSSR count). The van der Waals surface area contributed by atoms with Crippen molar-refractivity contribution in [2.24, 2.45) is 0 Å². The van der Waals surface area contributed by atoms with E-state index in [0.717, 1.165) is 41.2 Å². The highest BCUT2D eigenvalue weighted by molar-refractivity contribution is 5.78. The maximum Gasteiger partial charge on any atom is 0.261 e. The lowest BCUT2D eigenvalue weighted by Gasteiger charge is -2.18. The average Bonchev–Trinajstić information content (AvgIpc) is 3.08. The van der Waals surface area contributed by atoms with E-state index >= 15 is 0 Å². The van der Waals surface area contributed by atoms with Crippen LogP contribution in [0.25, 0.3) is 0 Å². The molecular formula is C20H25N3O2. The third-order valence-corrected chi connectivity index (χ3v) is 4.79. The van der Waals surface area contributed by atoms with Crippen molar-refractivity contribution in [1.29, 1.82) is 0 Å². The van der Waals surface area contributed by atoms with Gasteiger partial charge in [-0.15, -0.1) is 0 Å². The second kappa shape index (κ2) is 7.64. The maximum absolute atomic E-state index is 12.5. The number of rotatable bonds is 6. The van der Waals surface area contributed by atoms with Gasteiger partial charge in [0.25, 0.3) is 5.91 Å². The minimum absolute atomic E-state index is 0.0185. The van der Waals surface area contributed by atoms with Crippen LogP contribution in [0.5, 0.6) is 5.75 Å². The zero-order valence-corrected chi connectivity index (χ0v) is 15.2. The largest absolute Gasteiger partial charge is 0.483 e. The Balaban J connectivity index is 1.63. The van der Waals surface area contributed by atoms with Crippen molar-refractivity contribution in [3.05, 3.63) is 53.1 Å². The van der Waals surface area contributed by atoms with Gasteiger partial charge in [-0.3, -0.25) is 4.79 Å². The molecule has 1 atom stereocenters. The SMILES string of the molecule is CCc1ncc2c(n1)CN(C(=O)COc1ccccc1C(C)CC)C2. The third-order valence-electron chi connectivity index (χ3n) is 4.79. The van der Waals surface area contributed by atoms with E-state index in [-0.39, 0.29) is 12.5 Å². The molecule has 0 spiro atoms. The van der Waals surface area contributed by atoms with E-state index in [1.165, 1.54) is 0 Å². The number of benzene rings is 1. The van der Waals surface area contributed by atoms with Crippen LogP contribution in [0, 0.1) is 0 Å². The molecule has 0 radical (unpaired) electrons. The predicted octanol–water partition coefficient (Wildman–Crippen LogP) is 3.47. The molecular weight excluding hydrogens is 314 g/mol. The molecule has 1 aliphatic heterocycles. The number of carbonyl (C=O) groups is 1. The number of amides is 1. The van der Waals surface area contributed by atoms with Crippen LogP contribution in [0.2, 0.25) is 0 Å². The lowest BCUT2D eigenvalue weighted by molar-refractivity contribution is -0.134. The van der Waals surface area contributed by atoms with Gasteiger partial charge in [0.15, 0.2) is 6.61 Å². The van der Waals surface area contributed by atoms with E-state index < -0.39 is 0 Å². The minimum atomic E-state index is -0.0185. The van der Waals surface area contributed by atoms with Crippen molar-refractivity contribution in [1.82, 2.24) is 14.9 Å². The summed E-state index contributed by atoms with van der Waals surface area (Å²) in [5, 5.41) is 0. The van der Waals surface area contributed by atoms with E-state index in [9.17, 15) is 4.79 Å². The topological polar surface area (TPSA) is 55.3 Å². The summed E-state index contributed by atoms with van der Waals surface area (Å²) in [7, 11) is 0. The van der Waals surface area contributed by atoms with Gasteiger partial charge in [0.05, 0.1) is 12.2 Å². The summed E-state index contributed by atoms with van der Waals surface area (Å²) in [6.45, 7) is 7.51. The quantitative estimate of drug-likeness (QED) is 0.808. The van der Waals surface area contributed by atoms with Crippen molar-refractivity contribution in [3.63, 3.8) is 0 Å². The Labute approximate surface area is 149 Å². The molecule has 0 saturated heterocycles. The average molecular weight is 339 g/mol. The van der Waals surface area contributed by atoms with Crippen LogP contribution in [-0.2, 0) is 24.3 Å².